The lowest BCUT2D eigenvalue weighted by molar-refractivity contribution is 0.414. The molecule has 106 valence electrons. The fraction of sp³-hybridized carbons (Fsp3) is 0.111. The van der Waals surface area contributed by atoms with E-state index in [-0.39, 0.29) is 0 Å². The van der Waals surface area contributed by atoms with Crippen LogP contribution in [-0.2, 0) is 6.54 Å². The van der Waals surface area contributed by atoms with E-state index in [2.05, 4.69) is 63.6 Å². The standard InChI is InChI=1S/C18H16BrNO/c1-3-14-12-20(17-6-4-5-16(19)18(14)17)11-13-7-9-15(21-2)10-8-13/h3-10,12H,1,11H2,2H3. The van der Waals surface area contributed by atoms with Crippen molar-refractivity contribution in [3.63, 3.8) is 0 Å². The second-order valence-corrected chi connectivity index (χ2v) is 5.75. The zero-order valence-electron chi connectivity index (χ0n) is 11.8. The molecule has 0 N–H and O–H groups in total. The van der Waals surface area contributed by atoms with Crippen molar-refractivity contribution in [3.05, 3.63) is 70.8 Å². The van der Waals surface area contributed by atoms with Crippen molar-refractivity contribution in [1.29, 1.82) is 0 Å². The molecule has 0 aliphatic heterocycles. The van der Waals surface area contributed by atoms with Gasteiger partial charge in [-0.25, -0.2) is 0 Å². The molecule has 3 aromatic rings. The summed E-state index contributed by atoms with van der Waals surface area (Å²) in [6.07, 6.45) is 4.05. The normalized spacial score (nSPS) is 10.8. The number of nitrogens with zero attached hydrogens (tertiary/aromatic N) is 1. The Morgan fingerprint density at radius 1 is 1.19 bits per heavy atom. The summed E-state index contributed by atoms with van der Waals surface area (Å²) in [6, 6.07) is 14.4. The summed E-state index contributed by atoms with van der Waals surface area (Å²) in [5.41, 5.74) is 3.59. The van der Waals surface area contributed by atoms with Gasteiger partial charge in [-0.2, -0.15) is 0 Å². The second kappa shape index (κ2) is 5.78. The Morgan fingerprint density at radius 2 is 1.95 bits per heavy atom. The van der Waals surface area contributed by atoms with E-state index in [4.69, 9.17) is 4.74 Å². The van der Waals surface area contributed by atoms with Gasteiger partial charge in [0.1, 0.15) is 5.75 Å². The third-order valence-electron chi connectivity index (χ3n) is 3.62. The average molecular weight is 342 g/mol. The van der Waals surface area contributed by atoms with E-state index in [0.29, 0.717) is 0 Å². The molecule has 3 heteroatoms. The first-order chi connectivity index (χ1) is 10.2. The van der Waals surface area contributed by atoms with Crippen LogP contribution in [0.3, 0.4) is 0 Å². The van der Waals surface area contributed by atoms with Crippen LogP contribution < -0.4 is 4.74 Å². The topological polar surface area (TPSA) is 14.2 Å². The minimum absolute atomic E-state index is 0.824. The monoisotopic (exact) mass is 341 g/mol. The van der Waals surface area contributed by atoms with E-state index >= 15 is 0 Å². The highest BCUT2D eigenvalue weighted by molar-refractivity contribution is 9.10. The number of benzene rings is 2. The molecular formula is C18H16BrNO. The molecule has 1 heterocycles. The summed E-state index contributed by atoms with van der Waals surface area (Å²) in [4.78, 5) is 0. The predicted molar refractivity (Wildman–Crippen MR) is 91.8 cm³/mol. The zero-order chi connectivity index (χ0) is 14.8. The highest BCUT2D eigenvalue weighted by Gasteiger charge is 2.09. The third-order valence-corrected chi connectivity index (χ3v) is 4.28. The summed E-state index contributed by atoms with van der Waals surface area (Å²) >= 11 is 3.63. The molecule has 0 aliphatic carbocycles. The molecule has 0 atom stereocenters. The van der Waals surface area contributed by atoms with E-state index in [0.717, 1.165) is 22.3 Å². The van der Waals surface area contributed by atoms with Crippen molar-refractivity contribution in [2.24, 2.45) is 0 Å². The Labute approximate surface area is 132 Å². The van der Waals surface area contributed by atoms with Crippen molar-refractivity contribution in [2.75, 3.05) is 7.11 Å². The molecule has 2 aromatic carbocycles. The maximum atomic E-state index is 5.20. The number of rotatable bonds is 4. The van der Waals surface area contributed by atoms with Crippen LogP contribution in [0.5, 0.6) is 5.75 Å². The Balaban J connectivity index is 2.04. The molecule has 0 saturated heterocycles. The van der Waals surface area contributed by atoms with Gasteiger partial charge in [0.15, 0.2) is 0 Å². The number of aromatic nitrogens is 1. The SMILES string of the molecule is C=Cc1cn(Cc2ccc(OC)cc2)c2cccc(Br)c12. The number of methoxy groups -OCH3 is 1. The average Bonchev–Trinajstić information content (AvgIpc) is 2.87. The highest BCUT2D eigenvalue weighted by atomic mass is 79.9. The van der Waals surface area contributed by atoms with Crippen molar-refractivity contribution in [3.8, 4) is 5.75 Å². The van der Waals surface area contributed by atoms with E-state index in [9.17, 15) is 0 Å². The van der Waals surface area contributed by atoms with Gasteiger partial charge >= 0.3 is 0 Å². The molecule has 3 rings (SSSR count). The van der Waals surface area contributed by atoms with Crippen molar-refractivity contribution >= 4 is 32.9 Å². The van der Waals surface area contributed by atoms with Crippen molar-refractivity contribution < 1.29 is 4.74 Å². The fourth-order valence-electron chi connectivity index (χ4n) is 2.55. The largest absolute Gasteiger partial charge is 0.497 e. The van der Waals surface area contributed by atoms with Gasteiger partial charge in [-0.1, -0.05) is 46.8 Å². The van der Waals surface area contributed by atoms with Gasteiger partial charge in [-0.05, 0) is 29.8 Å². The van der Waals surface area contributed by atoms with Gasteiger partial charge < -0.3 is 9.30 Å². The summed E-state index contributed by atoms with van der Waals surface area (Å²) in [6.45, 7) is 4.74. The summed E-state index contributed by atoms with van der Waals surface area (Å²) < 4.78 is 8.55. The Kier molecular flexibility index (Phi) is 3.84. The van der Waals surface area contributed by atoms with E-state index in [1.54, 1.807) is 7.11 Å². The maximum Gasteiger partial charge on any atom is 0.118 e. The molecule has 0 aliphatic rings. The second-order valence-electron chi connectivity index (χ2n) is 4.90. The summed E-state index contributed by atoms with van der Waals surface area (Å²) in [5.74, 6) is 0.880. The quantitative estimate of drug-likeness (QED) is 0.643. The molecule has 0 unspecified atom stereocenters. The molecule has 0 spiro atoms. The van der Waals surface area contributed by atoms with Gasteiger partial charge in [0.2, 0.25) is 0 Å². The molecule has 1 aromatic heterocycles. The Hall–Kier alpha value is -2.00. The highest BCUT2D eigenvalue weighted by Crippen LogP contribution is 2.30. The van der Waals surface area contributed by atoms with Crippen LogP contribution in [0.25, 0.3) is 17.0 Å². The molecule has 0 radical (unpaired) electrons. The lowest BCUT2D eigenvalue weighted by Crippen LogP contribution is -1.97. The van der Waals surface area contributed by atoms with Crippen LogP contribution >= 0.6 is 15.9 Å². The Morgan fingerprint density at radius 3 is 2.62 bits per heavy atom. The fourth-order valence-corrected chi connectivity index (χ4v) is 3.14. The summed E-state index contributed by atoms with van der Waals surface area (Å²) in [5, 5.41) is 1.21. The number of halogens is 1. The molecular weight excluding hydrogens is 326 g/mol. The number of hydrogen-bond donors (Lipinski definition) is 0. The molecule has 0 bridgehead atoms. The number of fused-ring (bicyclic) bond motifs is 1. The first kappa shape index (κ1) is 14.0. The molecule has 0 fully saturated rings. The minimum atomic E-state index is 0.824. The molecule has 0 saturated carbocycles. The van der Waals surface area contributed by atoms with Crippen molar-refractivity contribution in [1.82, 2.24) is 4.57 Å². The first-order valence-electron chi connectivity index (χ1n) is 6.75. The summed E-state index contributed by atoms with van der Waals surface area (Å²) in [7, 11) is 1.68. The maximum absolute atomic E-state index is 5.20. The van der Waals surface area contributed by atoms with Gasteiger partial charge in [0, 0.05) is 28.2 Å². The predicted octanol–water partition coefficient (Wildman–Crippen LogP) is 5.10. The van der Waals surface area contributed by atoms with Crippen LogP contribution in [0.15, 0.2) is 59.7 Å². The molecule has 2 nitrogen and oxygen atoms in total. The molecule has 0 amide bonds. The lowest BCUT2D eigenvalue weighted by Gasteiger charge is -2.07. The van der Waals surface area contributed by atoms with E-state index < -0.39 is 0 Å². The van der Waals surface area contributed by atoms with Crippen molar-refractivity contribution in [2.45, 2.75) is 6.54 Å². The Bertz CT molecular complexity index is 787. The van der Waals surface area contributed by atoms with Gasteiger partial charge in [-0.3, -0.25) is 0 Å². The van der Waals surface area contributed by atoms with Gasteiger partial charge in [0.05, 0.1) is 12.6 Å². The smallest absolute Gasteiger partial charge is 0.118 e. The number of ether oxygens (including phenoxy) is 1. The lowest BCUT2D eigenvalue weighted by atomic mass is 10.2. The first-order valence-corrected chi connectivity index (χ1v) is 7.55. The van der Waals surface area contributed by atoms with Crippen LogP contribution in [0, 0.1) is 0 Å². The molecule has 21 heavy (non-hydrogen) atoms. The van der Waals surface area contributed by atoms with Gasteiger partial charge in [0.25, 0.3) is 0 Å². The third kappa shape index (κ3) is 2.61. The minimum Gasteiger partial charge on any atom is -0.497 e. The van der Waals surface area contributed by atoms with E-state index in [1.165, 1.54) is 16.5 Å². The van der Waals surface area contributed by atoms with Crippen LogP contribution in [-0.4, -0.2) is 11.7 Å². The van der Waals surface area contributed by atoms with E-state index in [1.807, 2.05) is 18.2 Å². The van der Waals surface area contributed by atoms with Crippen LogP contribution in [0.4, 0.5) is 0 Å². The van der Waals surface area contributed by atoms with Gasteiger partial charge in [-0.15, -0.1) is 0 Å². The van der Waals surface area contributed by atoms with Crippen LogP contribution in [0.1, 0.15) is 11.1 Å². The van der Waals surface area contributed by atoms with Crippen LogP contribution in [0.2, 0.25) is 0 Å². The number of hydrogen-bond acceptors (Lipinski definition) is 1. The zero-order valence-corrected chi connectivity index (χ0v) is 13.4.